The van der Waals surface area contributed by atoms with Crippen LogP contribution in [0.2, 0.25) is 0 Å². The summed E-state index contributed by atoms with van der Waals surface area (Å²) in [5, 5.41) is 0. The summed E-state index contributed by atoms with van der Waals surface area (Å²) in [4.78, 5) is 36.8. The number of nitrogens with zero attached hydrogens (tertiary/aromatic N) is 4. The van der Waals surface area contributed by atoms with Crippen molar-refractivity contribution in [3.8, 4) is 0 Å². The van der Waals surface area contributed by atoms with E-state index in [9.17, 15) is 9.59 Å². The normalized spacial score (nSPS) is 18.4. The second-order valence-corrected chi connectivity index (χ2v) is 8.29. The van der Waals surface area contributed by atoms with E-state index in [2.05, 4.69) is 16.9 Å². The molecule has 0 saturated carbocycles. The fraction of sp³-hybridized carbons (Fsp3) is 0.375. The van der Waals surface area contributed by atoms with E-state index in [1.165, 1.54) is 4.90 Å². The Balaban J connectivity index is 1.71. The molecule has 1 aromatic heterocycles. The van der Waals surface area contributed by atoms with Gasteiger partial charge in [-0.05, 0) is 57.1 Å². The molecule has 2 aliphatic heterocycles. The molecule has 30 heavy (non-hydrogen) atoms. The number of aromatic nitrogens is 1. The predicted octanol–water partition coefficient (Wildman–Crippen LogP) is 2.70. The van der Waals surface area contributed by atoms with Crippen molar-refractivity contribution in [3.05, 3.63) is 71.2 Å². The van der Waals surface area contributed by atoms with E-state index in [0.717, 1.165) is 42.6 Å². The maximum absolute atomic E-state index is 13.5. The lowest BCUT2D eigenvalue weighted by Crippen LogP contribution is -2.43. The number of piperidine rings is 1. The third-order valence-corrected chi connectivity index (χ3v) is 6.14. The van der Waals surface area contributed by atoms with Gasteiger partial charge in [0.1, 0.15) is 5.70 Å². The number of rotatable bonds is 5. The number of hydrogen-bond donors (Lipinski definition) is 0. The SMILES string of the molecule is Cc1ccc(C2=C(N(C)C3CCN(C)CC3)C(=O)N(Cc3cccnc3)C2=O)cc1. The van der Waals surface area contributed by atoms with Gasteiger partial charge in [-0.25, -0.2) is 0 Å². The minimum Gasteiger partial charge on any atom is -0.366 e. The molecular formula is C24H28N4O2. The first-order chi connectivity index (χ1) is 14.5. The zero-order chi connectivity index (χ0) is 21.3. The third-order valence-electron chi connectivity index (χ3n) is 6.14. The molecular weight excluding hydrogens is 376 g/mol. The van der Waals surface area contributed by atoms with Gasteiger partial charge in [-0.3, -0.25) is 19.5 Å². The summed E-state index contributed by atoms with van der Waals surface area (Å²) in [5.41, 5.74) is 3.77. The quantitative estimate of drug-likeness (QED) is 0.718. The number of carbonyl (C=O) groups excluding carboxylic acids is 2. The van der Waals surface area contributed by atoms with Crippen LogP contribution in [0.4, 0.5) is 0 Å². The summed E-state index contributed by atoms with van der Waals surface area (Å²) in [6.07, 6.45) is 5.33. The molecule has 156 valence electrons. The molecule has 0 bridgehead atoms. The Morgan fingerprint density at radius 1 is 1.07 bits per heavy atom. The number of likely N-dealkylation sites (N-methyl/N-ethyl adjacent to an activating group) is 1. The summed E-state index contributed by atoms with van der Waals surface area (Å²) >= 11 is 0. The van der Waals surface area contributed by atoms with Gasteiger partial charge < -0.3 is 9.80 Å². The smallest absolute Gasteiger partial charge is 0.278 e. The fourth-order valence-corrected chi connectivity index (χ4v) is 4.25. The molecule has 6 heteroatoms. The van der Waals surface area contributed by atoms with Crippen molar-refractivity contribution in [2.45, 2.75) is 32.4 Å². The van der Waals surface area contributed by atoms with Gasteiger partial charge in [-0.15, -0.1) is 0 Å². The van der Waals surface area contributed by atoms with Crippen molar-refractivity contribution in [1.29, 1.82) is 0 Å². The van der Waals surface area contributed by atoms with Crippen molar-refractivity contribution < 1.29 is 9.59 Å². The van der Waals surface area contributed by atoms with Crippen LogP contribution < -0.4 is 0 Å². The molecule has 0 N–H and O–H groups in total. The average Bonchev–Trinajstić information content (AvgIpc) is 3.00. The molecule has 0 radical (unpaired) electrons. The van der Waals surface area contributed by atoms with Gasteiger partial charge in [0.2, 0.25) is 0 Å². The standard InChI is InChI=1S/C24H28N4O2/c1-17-6-8-19(9-7-17)21-22(27(3)20-10-13-26(2)14-11-20)24(30)28(23(21)29)16-18-5-4-12-25-15-18/h4-9,12,15,20H,10-11,13-14,16H2,1-3H3. The highest BCUT2D eigenvalue weighted by Crippen LogP contribution is 2.34. The second kappa shape index (κ2) is 8.40. The van der Waals surface area contributed by atoms with Crippen LogP contribution in [0.1, 0.15) is 29.5 Å². The molecule has 0 spiro atoms. The van der Waals surface area contributed by atoms with E-state index < -0.39 is 0 Å². The Morgan fingerprint density at radius 2 is 1.77 bits per heavy atom. The lowest BCUT2D eigenvalue weighted by Gasteiger charge is -2.36. The van der Waals surface area contributed by atoms with E-state index in [4.69, 9.17) is 0 Å². The topological polar surface area (TPSA) is 56.8 Å². The fourth-order valence-electron chi connectivity index (χ4n) is 4.25. The Bertz CT molecular complexity index is 960. The maximum atomic E-state index is 13.5. The molecule has 2 aliphatic rings. The third kappa shape index (κ3) is 3.87. The summed E-state index contributed by atoms with van der Waals surface area (Å²) in [6, 6.07) is 11.8. The molecule has 2 amide bonds. The Labute approximate surface area is 177 Å². The number of imide groups is 1. The first kappa shape index (κ1) is 20.3. The summed E-state index contributed by atoms with van der Waals surface area (Å²) < 4.78 is 0. The van der Waals surface area contributed by atoms with E-state index in [0.29, 0.717) is 11.3 Å². The molecule has 0 unspecified atom stereocenters. The maximum Gasteiger partial charge on any atom is 0.278 e. The van der Waals surface area contributed by atoms with E-state index in [1.807, 2.05) is 55.3 Å². The minimum atomic E-state index is -0.234. The van der Waals surface area contributed by atoms with Crippen LogP contribution in [-0.4, -0.2) is 64.7 Å². The van der Waals surface area contributed by atoms with Crippen molar-refractivity contribution in [2.24, 2.45) is 0 Å². The van der Waals surface area contributed by atoms with Crippen LogP contribution in [0, 0.1) is 6.92 Å². The second-order valence-electron chi connectivity index (χ2n) is 8.29. The number of aryl methyl sites for hydroxylation is 1. The highest BCUT2D eigenvalue weighted by atomic mass is 16.2. The zero-order valence-corrected chi connectivity index (χ0v) is 17.8. The molecule has 0 aliphatic carbocycles. The van der Waals surface area contributed by atoms with Gasteiger partial charge in [0.25, 0.3) is 11.8 Å². The van der Waals surface area contributed by atoms with Gasteiger partial charge in [0, 0.05) is 25.5 Å². The highest BCUT2D eigenvalue weighted by molar-refractivity contribution is 6.35. The van der Waals surface area contributed by atoms with Crippen molar-refractivity contribution in [2.75, 3.05) is 27.2 Å². The molecule has 2 aromatic rings. The van der Waals surface area contributed by atoms with Gasteiger partial charge in [0.05, 0.1) is 12.1 Å². The number of pyridine rings is 1. The molecule has 1 fully saturated rings. The number of carbonyl (C=O) groups is 2. The van der Waals surface area contributed by atoms with Crippen LogP contribution in [0.3, 0.4) is 0 Å². The average molecular weight is 405 g/mol. The van der Waals surface area contributed by atoms with Crippen molar-refractivity contribution >= 4 is 17.4 Å². The lowest BCUT2D eigenvalue weighted by atomic mass is 9.99. The molecule has 4 rings (SSSR count). The van der Waals surface area contributed by atoms with Crippen molar-refractivity contribution in [1.82, 2.24) is 19.7 Å². The summed E-state index contributed by atoms with van der Waals surface area (Å²) in [7, 11) is 4.07. The Morgan fingerprint density at radius 3 is 2.40 bits per heavy atom. The number of hydrogen-bond acceptors (Lipinski definition) is 5. The van der Waals surface area contributed by atoms with Crippen LogP contribution in [0.5, 0.6) is 0 Å². The van der Waals surface area contributed by atoms with Crippen LogP contribution in [0.15, 0.2) is 54.5 Å². The van der Waals surface area contributed by atoms with Gasteiger partial charge in [-0.1, -0.05) is 35.9 Å². The minimum absolute atomic E-state index is 0.221. The van der Waals surface area contributed by atoms with Gasteiger partial charge in [-0.2, -0.15) is 0 Å². The van der Waals surface area contributed by atoms with E-state index in [-0.39, 0.29) is 24.4 Å². The monoisotopic (exact) mass is 404 g/mol. The van der Waals surface area contributed by atoms with E-state index >= 15 is 0 Å². The number of amides is 2. The molecule has 1 saturated heterocycles. The Kier molecular flexibility index (Phi) is 5.68. The number of benzene rings is 1. The van der Waals surface area contributed by atoms with E-state index in [1.54, 1.807) is 12.4 Å². The molecule has 0 atom stereocenters. The molecule has 3 heterocycles. The Hall–Kier alpha value is -2.99. The van der Waals surface area contributed by atoms with Crippen LogP contribution in [0.25, 0.3) is 5.57 Å². The summed E-state index contributed by atoms with van der Waals surface area (Å²) in [6.45, 7) is 4.22. The first-order valence-corrected chi connectivity index (χ1v) is 10.4. The first-order valence-electron chi connectivity index (χ1n) is 10.4. The highest BCUT2D eigenvalue weighted by Gasteiger charge is 2.42. The van der Waals surface area contributed by atoms with Crippen molar-refractivity contribution in [3.63, 3.8) is 0 Å². The largest absolute Gasteiger partial charge is 0.366 e. The zero-order valence-electron chi connectivity index (χ0n) is 17.8. The predicted molar refractivity (Wildman–Crippen MR) is 116 cm³/mol. The van der Waals surface area contributed by atoms with Crippen LogP contribution >= 0.6 is 0 Å². The molecule has 6 nitrogen and oxygen atoms in total. The van der Waals surface area contributed by atoms with Crippen LogP contribution in [-0.2, 0) is 16.1 Å². The number of likely N-dealkylation sites (tertiary alicyclic amines) is 1. The van der Waals surface area contributed by atoms with Gasteiger partial charge >= 0.3 is 0 Å². The van der Waals surface area contributed by atoms with Gasteiger partial charge in [0.15, 0.2) is 0 Å². The molecule has 1 aromatic carbocycles. The summed E-state index contributed by atoms with van der Waals surface area (Å²) in [5.74, 6) is -0.455. The lowest BCUT2D eigenvalue weighted by molar-refractivity contribution is -0.138.